The average molecular weight is 497 g/mol. The second-order valence-corrected chi connectivity index (χ2v) is 9.68. The van der Waals surface area contributed by atoms with Crippen molar-refractivity contribution in [3.8, 4) is 11.1 Å². The Hall–Kier alpha value is -4.30. The molecule has 0 saturated carbocycles. The summed E-state index contributed by atoms with van der Waals surface area (Å²) in [6.45, 7) is 2.42. The van der Waals surface area contributed by atoms with E-state index >= 15 is 0 Å². The van der Waals surface area contributed by atoms with Gasteiger partial charge in [0, 0.05) is 37.9 Å². The first-order valence-corrected chi connectivity index (χ1v) is 12.3. The lowest BCUT2D eigenvalue weighted by atomic mass is 9.94. The molecule has 1 amide bonds. The first-order valence-electron chi connectivity index (χ1n) is 11.4. The number of carbonyl (C=O) groups is 1. The molecule has 3 aromatic carbocycles. The van der Waals surface area contributed by atoms with Gasteiger partial charge < -0.3 is 15.5 Å². The summed E-state index contributed by atoms with van der Waals surface area (Å²) in [5.41, 5.74) is 4.60. The molecule has 0 radical (unpaired) electrons. The van der Waals surface area contributed by atoms with Crippen LogP contribution in [0.4, 0.5) is 17.1 Å². The third kappa shape index (κ3) is 4.16. The Bertz CT molecular complexity index is 1670. The number of fused-ring (bicyclic) bond motifs is 1. The van der Waals surface area contributed by atoms with Crippen LogP contribution in [0.5, 0.6) is 0 Å². The molecule has 0 fully saturated rings. The van der Waals surface area contributed by atoms with Crippen LogP contribution in [-0.2, 0) is 6.54 Å². The summed E-state index contributed by atoms with van der Waals surface area (Å²) in [5, 5.41) is 9.26. The number of hydrogen-bond acceptors (Lipinski definition) is 7. The molecule has 2 N–H and O–H groups in total. The van der Waals surface area contributed by atoms with Gasteiger partial charge in [-0.1, -0.05) is 24.3 Å². The van der Waals surface area contributed by atoms with Crippen LogP contribution in [0, 0.1) is 6.92 Å². The average Bonchev–Trinajstić information content (AvgIpc) is 3.35. The van der Waals surface area contributed by atoms with Gasteiger partial charge in [0.2, 0.25) is 10.9 Å². The highest BCUT2D eigenvalue weighted by atomic mass is 32.1. The topological polar surface area (TPSA) is 91.4 Å². The van der Waals surface area contributed by atoms with E-state index in [-0.39, 0.29) is 5.91 Å². The molecular formula is C28H24N4O3S. The van der Waals surface area contributed by atoms with Crippen LogP contribution in [0.2, 0.25) is 0 Å². The van der Waals surface area contributed by atoms with Gasteiger partial charge in [0.1, 0.15) is 10.6 Å². The number of hydrogen-bond donors (Lipinski definition) is 2. The summed E-state index contributed by atoms with van der Waals surface area (Å²) in [6, 6.07) is 17.2. The molecule has 0 bridgehead atoms. The summed E-state index contributed by atoms with van der Waals surface area (Å²) in [5.74, 6) is -0.250. The molecule has 7 nitrogen and oxygen atoms in total. The van der Waals surface area contributed by atoms with Crippen molar-refractivity contribution in [2.75, 3.05) is 29.6 Å². The van der Waals surface area contributed by atoms with Gasteiger partial charge in [-0.25, -0.2) is 0 Å². The summed E-state index contributed by atoms with van der Waals surface area (Å²) in [6.07, 6.45) is 1.78. The van der Waals surface area contributed by atoms with Crippen molar-refractivity contribution in [1.29, 1.82) is 0 Å². The highest BCUT2D eigenvalue weighted by Crippen LogP contribution is 2.31. The van der Waals surface area contributed by atoms with Gasteiger partial charge in [0.15, 0.2) is 0 Å². The van der Waals surface area contributed by atoms with Crippen molar-refractivity contribution in [3.63, 3.8) is 0 Å². The lowest BCUT2D eigenvalue weighted by Crippen LogP contribution is -2.39. The van der Waals surface area contributed by atoms with Crippen molar-refractivity contribution >= 4 is 45.2 Å². The minimum absolute atomic E-state index is 0.250. The number of anilines is 3. The van der Waals surface area contributed by atoms with Crippen molar-refractivity contribution < 1.29 is 4.79 Å². The number of nitrogens with zero attached hydrogens (tertiary/aromatic N) is 2. The maximum Gasteiger partial charge on any atom is 0.267 e. The molecule has 5 rings (SSSR count). The number of benzene rings is 2. The Morgan fingerprint density at radius 2 is 1.83 bits per heavy atom. The number of para-hydroxylation sites is 1. The van der Waals surface area contributed by atoms with Crippen LogP contribution in [0.25, 0.3) is 22.0 Å². The molecule has 0 aliphatic carbocycles. The maximum atomic E-state index is 13.2. The normalized spacial score (nSPS) is 11.1. The van der Waals surface area contributed by atoms with E-state index in [1.54, 1.807) is 37.3 Å². The van der Waals surface area contributed by atoms with Gasteiger partial charge in [-0.15, -0.1) is 11.3 Å². The number of pyridine rings is 1. The largest absolute Gasteiger partial charge is 0.380 e. The van der Waals surface area contributed by atoms with E-state index in [1.165, 1.54) is 11.3 Å². The number of aromatic nitrogens is 1. The lowest BCUT2D eigenvalue weighted by molar-refractivity contribution is 0.103. The first kappa shape index (κ1) is 23.4. The van der Waals surface area contributed by atoms with Gasteiger partial charge >= 0.3 is 0 Å². The first-order chi connectivity index (χ1) is 17.3. The monoisotopic (exact) mass is 496 g/mol. The molecule has 0 unspecified atom stereocenters. The van der Waals surface area contributed by atoms with Crippen LogP contribution >= 0.6 is 11.3 Å². The molecule has 0 spiro atoms. The zero-order chi connectivity index (χ0) is 25.4. The molecular weight excluding hydrogens is 472 g/mol. The maximum absolute atomic E-state index is 13.2. The summed E-state index contributed by atoms with van der Waals surface area (Å²) < 4.78 is 0. The molecule has 36 heavy (non-hydrogen) atoms. The van der Waals surface area contributed by atoms with E-state index in [0.29, 0.717) is 33.9 Å². The minimum atomic E-state index is -0.501. The predicted molar refractivity (Wildman–Crippen MR) is 147 cm³/mol. The number of thiophene rings is 1. The third-order valence-electron chi connectivity index (χ3n) is 6.18. The van der Waals surface area contributed by atoms with Crippen LogP contribution in [0.3, 0.4) is 0 Å². The fraction of sp³-hybridized carbons (Fsp3) is 0.143. The summed E-state index contributed by atoms with van der Waals surface area (Å²) in [4.78, 5) is 44.2. The van der Waals surface area contributed by atoms with Crippen molar-refractivity contribution in [3.05, 3.63) is 103 Å². The van der Waals surface area contributed by atoms with Crippen molar-refractivity contribution in [2.24, 2.45) is 0 Å². The van der Waals surface area contributed by atoms with Crippen molar-refractivity contribution in [1.82, 2.24) is 4.98 Å². The molecule has 5 aromatic rings. The van der Waals surface area contributed by atoms with Crippen molar-refractivity contribution in [2.45, 2.75) is 13.5 Å². The fourth-order valence-corrected chi connectivity index (χ4v) is 5.10. The van der Waals surface area contributed by atoms with Gasteiger partial charge in [-0.2, -0.15) is 0 Å². The minimum Gasteiger partial charge on any atom is -0.380 e. The van der Waals surface area contributed by atoms with Crippen LogP contribution in [0.1, 0.15) is 20.8 Å². The number of aryl methyl sites for hydroxylation is 1. The highest BCUT2D eigenvalue weighted by molar-refractivity contribution is 7.12. The molecule has 0 saturated heterocycles. The Morgan fingerprint density at radius 1 is 1.03 bits per heavy atom. The molecule has 2 heterocycles. The van der Waals surface area contributed by atoms with E-state index < -0.39 is 10.9 Å². The van der Waals surface area contributed by atoms with Gasteiger partial charge in [-0.3, -0.25) is 19.4 Å². The Balaban J connectivity index is 1.36. The number of carbonyl (C=O) groups excluding carboxylic acids is 1. The molecule has 8 heteroatoms. The second kappa shape index (κ2) is 9.39. The Labute approximate surface area is 211 Å². The van der Waals surface area contributed by atoms with E-state index in [0.717, 1.165) is 27.7 Å². The SMILES string of the molecule is Cc1ccc(NC(=O)c2sccc2NCc2ccnc3ccccc23)cc1-c1c(N(C)C)c(=O)c1=O. The van der Waals surface area contributed by atoms with Gasteiger partial charge in [-0.05, 0) is 59.3 Å². The van der Waals surface area contributed by atoms with Crippen LogP contribution in [0.15, 0.2) is 75.8 Å². The summed E-state index contributed by atoms with van der Waals surface area (Å²) in [7, 11) is 3.47. The van der Waals surface area contributed by atoms with E-state index in [2.05, 4.69) is 15.6 Å². The predicted octanol–water partition coefficient (Wildman–Crippen LogP) is 4.80. The van der Waals surface area contributed by atoms with Crippen LogP contribution < -0.4 is 26.4 Å². The van der Waals surface area contributed by atoms with Crippen LogP contribution in [-0.4, -0.2) is 25.0 Å². The zero-order valence-electron chi connectivity index (χ0n) is 20.1. The second-order valence-electron chi connectivity index (χ2n) is 8.76. The molecule has 0 aliphatic rings. The zero-order valence-corrected chi connectivity index (χ0v) is 20.9. The smallest absolute Gasteiger partial charge is 0.267 e. The Morgan fingerprint density at radius 3 is 2.64 bits per heavy atom. The van der Waals surface area contributed by atoms with E-state index in [4.69, 9.17) is 0 Å². The van der Waals surface area contributed by atoms with E-state index in [9.17, 15) is 14.4 Å². The lowest BCUT2D eigenvalue weighted by Gasteiger charge is -2.20. The number of nitrogens with one attached hydrogen (secondary N) is 2. The Kier molecular flexibility index (Phi) is 6.12. The van der Waals surface area contributed by atoms with Gasteiger partial charge in [0.25, 0.3) is 5.91 Å². The fourth-order valence-electron chi connectivity index (χ4n) is 4.34. The number of rotatable bonds is 7. The molecule has 0 aliphatic heterocycles. The van der Waals surface area contributed by atoms with Gasteiger partial charge in [0.05, 0.1) is 16.8 Å². The third-order valence-corrected chi connectivity index (χ3v) is 7.09. The quantitative estimate of drug-likeness (QED) is 0.315. The standard InChI is InChI=1S/C28H24N4O3S/c1-16-8-9-18(14-20(16)23-24(32(2)3)26(34)25(23)33)31-28(35)27-22(11-13-36-27)30-15-17-10-12-29-21-7-5-4-6-19(17)21/h4-14,30H,15H2,1-3H3,(H,31,35). The molecule has 2 aromatic heterocycles. The number of amides is 1. The molecule has 180 valence electrons. The van der Waals surface area contributed by atoms with E-state index in [1.807, 2.05) is 54.8 Å². The molecule has 0 atom stereocenters. The summed E-state index contributed by atoms with van der Waals surface area (Å²) >= 11 is 1.35. The highest BCUT2D eigenvalue weighted by Gasteiger charge is 2.25.